The van der Waals surface area contributed by atoms with Gasteiger partial charge in [0.05, 0.1) is 29.6 Å². The Hall–Kier alpha value is -6.08. The Morgan fingerprint density at radius 1 is 1.00 bits per heavy atom. The number of carbonyl (C=O) groups is 5. The summed E-state index contributed by atoms with van der Waals surface area (Å²) in [5.74, 6) is 3.31. The van der Waals surface area contributed by atoms with Crippen LogP contribution in [0.3, 0.4) is 0 Å². The summed E-state index contributed by atoms with van der Waals surface area (Å²) in [6, 6.07) is 15.8. The summed E-state index contributed by atoms with van der Waals surface area (Å²) in [6.45, 7) is 17.6. The highest BCUT2D eigenvalue weighted by atomic mass is 16.5. The van der Waals surface area contributed by atoms with Crippen LogP contribution in [0.4, 0.5) is 0 Å². The first kappa shape index (κ1) is 52.7. The standard InChI is InChI=1S/C56H74N8O7/c1-12-62-46-23-22-40-32-42(46)43(51(62)41-20-16-26-57-49(41)37(4)70-11)33-55(5,6)35-71-54(69)44-21-17-29-64(59-44)53(68)45(31-38-18-15-19-39(40)30-38)58-52(67)50(36(2)3)63-28-14-13-27-61(34-48(63)66)47(65)24-25-56(7,8)60(9)10/h15-16,18-20,22-23,26,30,32,36-37,44-45,50,59H,12-14,17,21,27-29,31,33-35H2,1-11H3,(H,58,67)/t37-,44-,45-,50?/m0/s1. The third-order valence-corrected chi connectivity index (χ3v) is 14.5. The number of pyridine rings is 1. The van der Waals surface area contributed by atoms with Crippen molar-refractivity contribution in [3.05, 3.63) is 77.6 Å². The van der Waals surface area contributed by atoms with Gasteiger partial charge in [0.15, 0.2) is 0 Å². The second-order valence-electron chi connectivity index (χ2n) is 21.3. The van der Waals surface area contributed by atoms with E-state index in [2.05, 4.69) is 84.3 Å². The minimum absolute atomic E-state index is 0.130. The lowest BCUT2D eigenvalue weighted by molar-refractivity contribution is -0.155. The molecule has 0 saturated carbocycles. The van der Waals surface area contributed by atoms with Gasteiger partial charge in [0.25, 0.3) is 11.8 Å². The molecule has 7 rings (SSSR count). The van der Waals surface area contributed by atoms with Crippen molar-refractivity contribution < 1.29 is 33.4 Å². The zero-order valence-corrected chi connectivity index (χ0v) is 43.7. The second-order valence-corrected chi connectivity index (χ2v) is 21.3. The second kappa shape index (κ2) is 22.1. The van der Waals surface area contributed by atoms with Gasteiger partial charge in [-0.1, -0.05) is 63.9 Å². The summed E-state index contributed by atoms with van der Waals surface area (Å²) in [7, 11) is 5.47. The predicted molar refractivity (Wildman–Crippen MR) is 275 cm³/mol. The molecule has 2 aromatic heterocycles. The molecule has 2 N–H and O–H groups in total. The molecule has 0 radical (unpaired) electrons. The van der Waals surface area contributed by atoms with Gasteiger partial charge < -0.3 is 29.2 Å². The molecule has 3 aliphatic rings. The monoisotopic (exact) mass is 971 g/mol. The molecule has 3 aliphatic heterocycles. The number of aromatic nitrogens is 2. The molecule has 2 fully saturated rings. The highest BCUT2D eigenvalue weighted by Gasteiger charge is 2.39. The Morgan fingerprint density at radius 2 is 1.75 bits per heavy atom. The molecule has 6 bridgehead atoms. The van der Waals surface area contributed by atoms with E-state index in [1.54, 1.807) is 18.2 Å². The van der Waals surface area contributed by atoms with E-state index >= 15 is 0 Å². The molecule has 15 heteroatoms. The molecular formula is C56H74N8O7. The number of hydrazine groups is 1. The zero-order chi connectivity index (χ0) is 51.4. The maximum atomic E-state index is 14.9. The van der Waals surface area contributed by atoms with Crippen molar-refractivity contribution in [1.29, 1.82) is 0 Å². The summed E-state index contributed by atoms with van der Waals surface area (Å²) in [5.41, 5.74) is 9.89. The van der Waals surface area contributed by atoms with Crippen molar-refractivity contribution >= 4 is 40.5 Å². The molecule has 5 heterocycles. The molecule has 0 spiro atoms. The number of nitrogens with zero attached hydrogens (tertiary/aromatic N) is 6. The van der Waals surface area contributed by atoms with Crippen molar-refractivity contribution in [2.24, 2.45) is 11.3 Å². The van der Waals surface area contributed by atoms with Crippen molar-refractivity contribution in [3.8, 4) is 34.2 Å². The Labute approximate surface area is 419 Å². The van der Waals surface area contributed by atoms with E-state index in [0.29, 0.717) is 58.3 Å². The van der Waals surface area contributed by atoms with Crippen LogP contribution in [0.25, 0.3) is 33.3 Å². The smallest absolute Gasteiger partial charge is 0.324 e. The van der Waals surface area contributed by atoms with Crippen LogP contribution in [0.1, 0.15) is 104 Å². The van der Waals surface area contributed by atoms with E-state index in [1.807, 2.05) is 71.8 Å². The van der Waals surface area contributed by atoms with Crippen LogP contribution in [-0.4, -0.2) is 137 Å². The summed E-state index contributed by atoms with van der Waals surface area (Å²) >= 11 is 0. The van der Waals surface area contributed by atoms with Crippen LogP contribution in [-0.2, 0) is 52.8 Å². The summed E-state index contributed by atoms with van der Waals surface area (Å²) in [6.07, 6.45) is 4.45. The molecule has 4 atom stereocenters. The Kier molecular flexibility index (Phi) is 16.4. The average molecular weight is 971 g/mol. The highest BCUT2D eigenvalue weighted by Crippen LogP contribution is 2.42. The van der Waals surface area contributed by atoms with E-state index in [0.717, 1.165) is 50.1 Å². The predicted octanol–water partition coefficient (Wildman–Crippen LogP) is 6.57. The fourth-order valence-corrected chi connectivity index (χ4v) is 9.95. The molecule has 4 amide bonds. The van der Waals surface area contributed by atoms with E-state index in [9.17, 15) is 24.0 Å². The maximum Gasteiger partial charge on any atom is 0.324 e. The zero-order valence-electron chi connectivity index (χ0n) is 43.7. The molecule has 380 valence electrons. The van der Waals surface area contributed by atoms with Gasteiger partial charge >= 0.3 is 5.97 Å². The topological polar surface area (TPSA) is 159 Å². The van der Waals surface area contributed by atoms with Crippen molar-refractivity contribution in [2.75, 3.05) is 54.0 Å². The quantitative estimate of drug-likeness (QED) is 0.139. The van der Waals surface area contributed by atoms with Crippen LogP contribution < -0.4 is 10.7 Å². The lowest BCUT2D eigenvalue weighted by atomic mass is 9.84. The molecule has 2 aromatic carbocycles. The summed E-state index contributed by atoms with van der Waals surface area (Å²) in [4.78, 5) is 81.1. The van der Waals surface area contributed by atoms with Crippen LogP contribution in [0.15, 0.2) is 60.8 Å². The third kappa shape index (κ3) is 11.8. The van der Waals surface area contributed by atoms with Gasteiger partial charge in [-0.2, -0.15) is 0 Å². The number of ether oxygens (including phenoxy) is 2. The maximum absolute atomic E-state index is 14.9. The molecule has 1 unspecified atom stereocenters. The van der Waals surface area contributed by atoms with E-state index in [1.165, 1.54) is 9.91 Å². The summed E-state index contributed by atoms with van der Waals surface area (Å²) < 4.78 is 14.3. The van der Waals surface area contributed by atoms with E-state index in [-0.39, 0.29) is 37.5 Å². The van der Waals surface area contributed by atoms with Gasteiger partial charge in [-0.25, -0.2) is 5.43 Å². The average Bonchev–Trinajstić information content (AvgIpc) is 3.64. The minimum Gasteiger partial charge on any atom is -0.464 e. The Balaban J connectivity index is 1.26. The number of aryl methyl sites for hydroxylation is 1. The van der Waals surface area contributed by atoms with Gasteiger partial charge in [-0.15, -0.1) is 0 Å². The molecule has 0 aliphatic carbocycles. The van der Waals surface area contributed by atoms with Gasteiger partial charge in [0.1, 0.15) is 24.7 Å². The molecule has 2 saturated heterocycles. The number of benzene rings is 2. The fourth-order valence-electron chi connectivity index (χ4n) is 9.95. The van der Waals surface area contributed by atoms with Gasteiger partial charge in [-0.05, 0) is 132 Å². The van der Waals surface area contributed by atoms with Crippen molar-refractivity contribution in [3.63, 3.8) is 0 Å². The normalized spacial score (nSPS) is 20.1. The first-order valence-electron chi connectivity index (χ1n) is 25.3. The number of cyclic esters (lactones) is 1. The molecule has 15 nitrogen and oxygen atoms in total. The number of fused-ring (bicyclic) bond motifs is 6. The van der Waals surface area contributed by atoms with Gasteiger partial charge in [-0.3, -0.25) is 38.9 Å². The highest BCUT2D eigenvalue weighted by molar-refractivity contribution is 5.98. The number of nitrogens with one attached hydrogen (secondary N) is 2. The minimum atomic E-state index is -1.07. The number of amides is 4. The number of hydrogen-bond donors (Lipinski definition) is 2. The van der Waals surface area contributed by atoms with Gasteiger partial charge in [0, 0.05) is 67.8 Å². The number of hydrogen-bond acceptors (Lipinski definition) is 10. The van der Waals surface area contributed by atoms with Crippen LogP contribution in [0.5, 0.6) is 0 Å². The largest absolute Gasteiger partial charge is 0.464 e. The summed E-state index contributed by atoms with van der Waals surface area (Å²) in [5, 5.41) is 5.62. The SMILES string of the molecule is CCn1c(-c2cccnc2[C@H](C)OC)c2c3cc(ccc31)-c1cccc(c1)C[C@H](NC(=O)C(C(C)C)N1CCCCN(C(=O)C#CC(C)(C)N(C)C)CC1=O)C(=O)N1CCC[C@H](N1)C(=O)OCC(C)(C)C2. The Bertz CT molecular complexity index is 2700. The lowest BCUT2D eigenvalue weighted by Gasteiger charge is -2.38. The molecule has 4 aromatic rings. The first-order valence-corrected chi connectivity index (χ1v) is 25.3. The fraction of sp³-hybridized carbons (Fsp3) is 0.536. The van der Waals surface area contributed by atoms with Crippen LogP contribution in [0, 0.1) is 23.2 Å². The third-order valence-electron chi connectivity index (χ3n) is 14.5. The number of rotatable bonds is 9. The molecular weight excluding hydrogens is 897 g/mol. The first-order chi connectivity index (χ1) is 33.7. The number of methoxy groups -OCH3 is 1. The van der Waals surface area contributed by atoms with E-state index in [4.69, 9.17) is 14.5 Å². The van der Waals surface area contributed by atoms with E-state index < -0.39 is 52.8 Å². The Morgan fingerprint density at radius 3 is 2.46 bits per heavy atom. The van der Waals surface area contributed by atoms with Crippen LogP contribution >= 0.6 is 0 Å². The number of esters is 1. The van der Waals surface area contributed by atoms with Crippen LogP contribution in [0.2, 0.25) is 0 Å². The van der Waals surface area contributed by atoms with Crippen molar-refractivity contribution in [2.45, 2.75) is 130 Å². The van der Waals surface area contributed by atoms with Gasteiger partial charge in [0.2, 0.25) is 11.8 Å². The lowest BCUT2D eigenvalue weighted by Crippen LogP contribution is -2.62. The molecule has 71 heavy (non-hydrogen) atoms. The number of carbonyl (C=O) groups excluding carboxylic acids is 5. The van der Waals surface area contributed by atoms with Crippen molar-refractivity contribution in [1.82, 2.24) is 40.0 Å².